The molecule has 1 amide bonds. The van der Waals surface area contributed by atoms with Crippen molar-refractivity contribution in [3.8, 4) is 5.75 Å². The molecule has 0 unspecified atom stereocenters. The third kappa shape index (κ3) is 4.27. The maximum Gasteiger partial charge on any atom is 0.341 e. The number of aromatic hydroxyl groups is 1. The third-order valence-electron chi connectivity index (χ3n) is 4.13. The highest BCUT2D eigenvalue weighted by Crippen LogP contribution is 2.29. The van der Waals surface area contributed by atoms with E-state index in [9.17, 15) is 14.7 Å². The molecule has 0 spiro atoms. The van der Waals surface area contributed by atoms with Crippen LogP contribution in [0, 0.1) is 0 Å². The van der Waals surface area contributed by atoms with E-state index in [4.69, 9.17) is 0 Å². The fourth-order valence-electron chi connectivity index (χ4n) is 2.72. The Bertz CT molecular complexity index is 1010. The number of nitrogens with one attached hydrogen (secondary N) is 1. The van der Waals surface area contributed by atoms with Crippen LogP contribution in [0.3, 0.4) is 0 Å². The van der Waals surface area contributed by atoms with Crippen molar-refractivity contribution in [3.05, 3.63) is 95.6 Å². The van der Waals surface area contributed by atoms with Gasteiger partial charge >= 0.3 is 5.97 Å². The van der Waals surface area contributed by atoms with Crippen molar-refractivity contribution in [2.24, 2.45) is 0 Å². The van der Waals surface area contributed by atoms with E-state index in [2.05, 4.69) is 10.1 Å². The summed E-state index contributed by atoms with van der Waals surface area (Å²) in [6.07, 6.45) is 1.77. The van der Waals surface area contributed by atoms with Crippen LogP contribution in [0.5, 0.6) is 5.75 Å². The molecule has 0 bridgehead atoms. The highest BCUT2D eigenvalue weighted by atomic mass is 16.5. The van der Waals surface area contributed by atoms with Crippen LogP contribution < -0.4 is 5.32 Å². The number of phenolic OH excluding ortho intramolecular Hbond substituents is 1. The van der Waals surface area contributed by atoms with E-state index in [1.165, 1.54) is 19.2 Å². The lowest BCUT2D eigenvalue weighted by Crippen LogP contribution is -2.14. The number of amides is 1. The Morgan fingerprint density at radius 3 is 2.18 bits per heavy atom. The topological polar surface area (TPSA) is 75.6 Å². The number of rotatable bonds is 5. The summed E-state index contributed by atoms with van der Waals surface area (Å²) in [6, 6.07) is 23.2. The fraction of sp³-hybridized carbons (Fsp3) is 0.0435. The van der Waals surface area contributed by atoms with E-state index >= 15 is 0 Å². The summed E-state index contributed by atoms with van der Waals surface area (Å²) in [4.78, 5) is 24.8. The zero-order valence-electron chi connectivity index (χ0n) is 15.3. The zero-order chi connectivity index (χ0) is 19.9. The van der Waals surface area contributed by atoms with Crippen molar-refractivity contribution < 1.29 is 19.4 Å². The second-order valence-electron chi connectivity index (χ2n) is 5.98. The van der Waals surface area contributed by atoms with Crippen LogP contribution in [0.4, 0.5) is 5.69 Å². The maximum atomic E-state index is 13.0. The number of hydrogen-bond acceptors (Lipinski definition) is 4. The molecule has 0 radical (unpaired) electrons. The number of esters is 1. The van der Waals surface area contributed by atoms with Gasteiger partial charge in [-0.2, -0.15) is 0 Å². The minimum Gasteiger partial charge on any atom is -0.505 e. The first-order valence-electron chi connectivity index (χ1n) is 8.64. The minimum absolute atomic E-state index is 0.0198. The van der Waals surface area contributed by atoms with Gasteiger partial charge in [-0.05, 0) is 29.3 Å². The standard InChI is InChI=1S/C23H19NO4/c1-28-23(27)18-13-8-14-20(21(18)25)24-22(26)19(17-11-6-3-7-12-17)15-16-9-4-2-5-10-16/h2-15,25H,1H3,(H,24,26)/b19-15-. The van der Waals surface area contributed by atoms with Gasteiger partial charge in [0, 0.05) is 5.57 Å². The van der Waals surface area contributed by atoms with E-state index in [1.54, 1.807) is 12.1 Å². The van der Waals surface area contributed by atoms with Crippen molar-refractivity contribution in [3.63, 3.8) is 0 Å². The third-order valence-corrected chi connectivity index (χ3v) is 4.13. The summed E-state index contributed by atoms with van der Waals surface area (Å²) < 4.78 is 4.65. The molecule has 0 aliphatic heterocycles. The molecule has 3 aromatic carbocycles. The van der Waals surface area contributed by atoms with E-state index in [0.717, 1.165) is 11.1 Å². The lowest BCUT2D eigenvalue weighted by molar-refractivity contribution is -0.111. The van der Waals surface area contributed by atoms with Gasteiger partial charge in [-0.25, -0.2) is 4.79 Å². The van der Waals surface area contributed by atoms with Gasteiger partial charge in [0.2, 0.25) is 0 Å². The molecule has 0 saturated carbocycles. The molecule has 0 fully saturated rings. The van der Waals surface area contributed by atoms with Gasteiger partial charge in [-0.3, -0.25) is 4.79 Å². The van der Waals surface area contributed by atoms with Crippen molar-refractivity contribution in [2.45, 2.75) is 0 Å². The molecule has 5 nitrogen and oxygen atoms in total. The van der Waals surface area contributed by atoms with Gasteiger partial charge in [-0.1, -0.05) is 66.7 Å². The van der Waals surface area contributed by atoms with Gasteiger partial charge < -0.3 is 15.2 Å². The fourth-order valence-corrected chi connectivity index (χ4v) is 2.72. The van der Waals surface area contributed by atoms with Crippen LogP contribution >= 0.6 is 0 Å². The van der Waals surface area contributed by atoms with Crippen LogP contribution in [0.2, 0.25) is 0 Å². The Morgan fingerprint density at radius 1 is 0.893 bits per heavy atom. The Labute approximate surface area is 162 Å². The Hall–Kier alpha value is -3.86. The Kier molecular flexibility index (Phi) is 5.87. The van der Waals surface area contributed by atoms with E-state index < -0.39 is 11.9 Å². The number of carbonyl (C=O) groups excluding carboxylic acids is 2. The summed E-state index contributed by atoms with van der Waals surface area (Å²) >= 11 is 0. The van der Waals surface area contributed by atoms with Gasteiger partial charge in [0.1, 0.15) is 5.56 Å². The van der Waals surface area contributed by atoms with Crippen LogP contribution in [-0.2, 0) is 9.53 Å². The molecule has 3 aromatic rings. The van der Waals surface area contributed by atoms with Crippen molar-refractivity contribution in [1.29, 1.82) is 0 Å². The molecule has 5 heteroatoms. The highest BCUT2D eigenvalue weighted by Gasteiger charge is 2.18. The molecular weight excluding hydrogens is 354 g/mol. The van der Waals surface area contributed by atoms with E-state index in [1.807, 2.05) is 60.7 Å². The average molecular weight is 373 g/mol. The summed E-state index contributed by atoms with van der Waals surface area (Å²) in [5.74, 6) is -1.43. The molecule has 2 N–H and O–H groups in total. The van der Waals surface area contributed by atoms with Crippen LogP contribution in [0.1, 0.15) is 21.5 Å². The number of benzene rings is 3. The number of methoxy groups -OCH3 is 1. The van der Waals surface area contributed by atoms with Crippen molar-refractivity contribution in [2.75, 3.05) is 12.4 Å². The van der Waals surface area contributed by atoms with E-state index in [0.29, 0.717) is 5.57 Å². The normalized spacial score (nSPS) is 11.0. The van der Waals surface area contributed by atoms with Crippen molar-refractivity contribution in [1.82, 2.24) is 0 Å². The van der Waals surface area contributed by atoms with Gasteiger partial charge in [0.25, 0.3) is 5.91 Å². The number of phenols is 1. The molecule has 0 atom stereocenters. The SMILES string of the molecule is COC(=O)c1cccc(NC(=O)/C(=C\c2ccccc2)c2ccccc2)c1O. The predicted molar refractivity (Wildman–Crippen MR) is 109 cm³/mol. The molecule has 3 rings (SSSR count). The average Bonchev–Trinajstić information content (AvgIpc) is 2.74. The van der Waals surface area contributed by atoms with Gasteiger partial charge in [-0.15, -0.1) is 0 Å². The first-order valence-corrected chi connectivity index (χ1v) is 8.64. The van der Waals surface area contributed by atoms with Crippen LogP contribution in [0.15, 0.2) is 78.9 Å². The van der Waals surface area contributed by atoms with Crippen molar-refractivity contribution >= 4 is 29.2 Å². The number of anilines is 1. The molecule has 0 aliphatic rings. The Balaban J connectivity index is 1.98. The zero-order valence-corrected chi connectivity index (χ0v) is 15.3. The molecule has 0 saturated heterocycles. The summed E-state index contributed by atoms with van der Waals surface area (Å²) in [7, 11) is 1.23. The molecule has 140 valence electrons. The Morgan fingerprint density at radius 2 is 1.54 bits per heavy atom. The predicted octanol–water partition coefficient (Wildman–Crippen LogP) is 4.36. The molecule has 0 aliphatic carbocycles. The molecule has 28 heavy (non-hydrogen) atoms. The second kappa shape index (κ2) is 8.68. The summed E-state index contributed by atoms with van der Waals surface area (Å²) in [6.45, 7) is 0. The number of carbonyl (C=O) groups is 2. The highest BCUT2D eigenvalue weighted by molar-refractivity contribution is 6.29. The first-order chi connectivity index (χ1) is 13.6. The second-order valence-corrected chi connectivity index (χ2v) is 5.98. The minimum atomic E-state index is -0.684. The molecular formula is C23H19NO4. The lowest BCUT2D eigenvalue weighted by Gasteiger charge is -2.12. The lowest BCUT2D eigenvalue weighted by atomic mass is 10.0. The maximum absolute atomic E-state index is 13.0. The first kappa shape index (κ1) is 18.9. The number of para-hydroxylation sites is 1. The van der Waals surface area contributed by atoms with Crippen LogP contribution in [-0.4, -0.2) is 24.1 Å². The summed E-state index contributed by atoms with van der Waals surface area (Å²) in [5.41, 5.74) is 2.13. The van der Waals surface area contributed by atoms with Gasteiger partial charge in [0.15, 0.2) is 5.75 Å². The smallest absolute Gasteiger partial charge is 0.341 e. The number of hydrogen-bond donors (Lipinski definition) is 2. The molecule has 0 heterocycles. The van der Waals surface area contributed by atoms with Crippen LogP contribution in [0.25, 0.3) is 11.6 Å². The van der Waals surface area contributed by atoms with Gasteiger partial charge in [0.05, 0.1) is 12.8 Å². The summed E-state index contributed by atoms with van der Waals surface area (Å²) in [5, 5.41) is 13.0. The quantitative estimate of drug-likeness (QED) is 0.302. The van der Waals surface area contributed by atoms with E-state index in [-0.39, 0.29) is 17.0 Å². The monoisotopic (exact) mass is 373 g/mol. The molecule has 0 aromatic heterocycles. The largest absolute Gasteiger partial charge is 0.505 e. The number of ether oxygens (including phenoxy) is 1.